The highest BCUT2D eigenvalue weighted by Crippen LogP contribution is 2.31. The number of para-hydroxylation sites is 2. The maximum Gasteiger partial charge on any atom is 0.0541 e. The maximum absolute atomic E-state index is 3.74. The van der Waals surface area contributed by atoms with Gasteiger partial charge in [-0.1, -0.05) is 73.3 Å². The fraction of sp³-hybridized carbons (Fsp3) is 0. The van der Waals surface area contributed by atoms with Crippen molar-refractivity contribution < 1.29 is 0 Å². The molecule has 0 radical (unpaired) electrons. The van der Waals surface area contributed by atoms with Crippen molar-refractivity contribution in [3.8, 4) is 5.69 Å². The Kier molecular flexibility index (Phi) is 3.32. The van der Waals surface area contributed by atoms with E-state index in [1.165, 1.54) is 33.1 Å². The third kappa shape index (κ3) is 2.27. The number of hydrogen-bond donors (Lipinski definition) is 0. The highest BCUT2D eigenvalue weighted by Gasteiger charge is 2.10. The highest BCUT2D eigenvalue weighted by atomic mass is 15.0. The zero-order chi connectivity index (χ0) is 15.6. The van der Waals surface area contributed by atoms with Gasteiger partial charge in [0.2, 0.25) is 0 Å². The molecule has 0 N–H and O–H groups in total. The Morgan fingerprint density at radius 1 is 0.739 bits per heavy atom. The van der Waals surface area contributed by atoms with Crippen LogP contribution in [0.15, 0.2) is 91.5 Å². The molecule has 0 fully saturated rings. The Labute approximate surface area is 135 Å². The second-order valence-corrected chi connectivity index (χ2v) is 5.56. The van der Waals surface area contributed by atoms with Crippen molar-refractivity contribution in [2.45, 2.75) is 0 Å². The van der Waals surface area contributed by atoms with Crippen LogP contribution in [-0.2, 0) is 0 Å². The molecule has 1 heteroatoms. The van der Waals surface area contributed by atoms with E-state index in [9.17, 15) is 0 Å². The van der Waals surface area contributed by atoms with E-state index in [0.29, 0.717) is 0 Å². The predicted molar refractivity (Wildman–Crippen MR) is 100 cm³/mol. The first-order valence-corrected chi connectivity index (χ1v) is 7.76. The number of hydrogen-bond acceptors (Lipinski definition) is 0. The van der Waals surface area contributed by atoms with E-state index < -0.39 is 0 Å². The van der Waals surface area contributed by atoms with Crippen molar-refractivity contribution >= 4 is 27.9 Å². The van der Waals surface area contributed by atoms with Gasteiger partial charge in [-0.3, -0.25) is 0 Å². The SMILES string of the molecule is C=C/C=C/c1cccc(-n2c3ccccc3c3ccccc32)c1. The van der Waals surface area contributed by atoms with Crippen LogP contribution in [0, 0.1) is 0 Å². The van der Waals surface area contributed by atoms with Crippen molar-refractivity contribution in [1.82, 2.24) is 4.57 Å². The molecule has 3 aromatic carbocycles. The summed E-state index contributed by atoms with van der Waals surface area (Å²) in [4.78, 5) is 0. The van der Waals surface area contributed by atoms with Gasteiger partial charge in [-0.05, 0) is 29.8 Å². The lowest BCUT2D eigenvalue weighted by molar-refractivity contribution is 1.18. The zero-order valence-electron chi connectivity index (χ0n) is 12.8. The van der Waals surface area contributed by atoms with Gasteiger partial charge in [-0.15, -0.1) is 0 Å². The molecule has 0 aliphatic carbocycles. The van der Waals surface area contributed by atoms with Gasteiger partial charge < -0.3 is 4.57 Å². The van der Waals surface area contributed by atoms with Gasteiger partial charge >= 0.3 is 0 Å². The lowest BCUT2D eigenvalue weighted by Gasteiger charge is -2.08. The smallest absolute Gasteiger partial charge is 0.0541 e. The van der Waals surface area contributed by atoms with Crippen LogP contribution in [0.4, 0.5) is 0 Å². The molecule has 0 unspecified atom stereocenters. The molecule has 0 saturated carbocycles. The van der Waals surface area contributed by atoms with E-state index in [0.717, 1.165) is 0 Å². The largest absolute Gasteiger partial charge is 0.309 e. The van der Waals surface area contributed by atoms with Crippen LogP contribution in [0.3, 0.4) is 0 Å². The average Bonchev–Trinajstić information content (AvgIpc) is 2.95. The Morgan fingerprint density at radius 2 is 1.39 bits per heavy atom. The van der Waals surface area contributed by atoms with Crippen LogP contribution in [0.1, 0.15) is 5.56 Å². The molecule has 110 valence electrons. The van der Waals surface area contributed by atoms with Gasteiger partial charge in [-0.25, -0.2) is 0 Å². The van der Waals surface area contributed by atoms with Crippen molar-refractivity contribution in [1.29, 1.82) is 0 Å². The summed E-state index contributed by atoms with van der Waals surface area (Å²) in [7, 11) is 0. The Hall–Kier alpha value is -3.06. The van der Waals surface area contributed by atoms with E-state index in [-0.39, 0.29) is 0 Å². The molecule has 1 aromatic heterocycles. The first-order valence-electron chi connectivity index (χ1n) is 7.76. The van der Waals surface area contributed by atoms with Crippen molar-refractivity contribution in [2.75, 3.05) is 0 Å². The average molecular weight is 295 g/mol. The summed E-state index contributed by atoms with van der Waals surface area (Å²) in [5.74, 6) is 0. The third-order valence-electron chi connectivity index (χ3n) is 4.13. The van der Waals surface area contributed by atoms with E-state index in [4.69, 9.17) is 0 Å². The number of aromatic nitrogens is 1. The van der Waals surface area contributed by atoms with Crippen LogP contribution < -0.4 is 0 Å². The summed E-state index contributed by atoms with van der Waals surface area (Å²) in [5.41, 5.74) is 4.81. The second-order valence-electron chi connectivity index (χ2n) is 5.56. The van der Waals surface area contributed by atoms with Gasteiger partial charge in [0.1, 0.15) is 0 Å². The molecule has 0 spiro atoms. The predicted octanol–water partition coefficient (Wildman–Crippen LogP) is 5.98. The van der Waals surface area contributed by atoms with Crippen LogP contribution in [0.25, 0.3) is 33.6 Å². The van der Waals surface area contributed by atoms with Crippen molar-refractivity contribution in [2.24, 2.45) is 0 Å². The Bertz CT molecular complexity index is 981. The molecule has 0 aliphatic heterocycles. The second kappa shape index (κ2) is 5.62. The molecule has 4 rings (SSSR count). The number of benzene rings is 3. The molecular weight excluding hydrogens is 278 g/mol. The summed E-state index contributed by atoms with van der Waals surface area (Å²) in [6.45, 7) is 3.74. The molecule has 4 aromatic rings. The summed E-state index contributed by atoms with van der Waals surface area (Å²) in [6, 6.07) is 25.7. The summed E-state index contributed by atoms with van der Waals surface area (Å²) < 4.78 is 2.33. The Morgan fingerprint density at radius 3 is 2.04 bits per heavy atom. The summed E-state index contributed by atoms with van der Waals surface area (Å²) >= 11 is 0. The van der Waals surface area contributed by atoms with Gasteiger partial charge in [0.15, 0.2) is 0 Å². The first kappa shape index (κ1) is 13.6. The van der Waals surface area contributed by atoms with Crippen molar-refractivity contribution in [3.05, 3.63) is 97.1 Å². The van der Waals surface area contributed by atoms with E-state index in [1.54, 1.807) is 6.08 Å². The lowest BCUT2D eigenvalue weighted by Crippen LogP contribution is -1.93. The molecule has 23 heavy (non-hydrogen) atoms. The normalized spacial score (nSPS) is 11.5. The van der Waals surface area contributed by atoms with E-state index in [1.807, 2.05) is 6.08 Å². The monoisotopic (exact) mass is 295 g/mol. The quantitative estimate of drug-likeness (QED) is 0.409. The van der Waals surface area contributed by atoms with Crippen LogP contribution in [0.2, 0.25) is 0 Å². The Balaban J connectivity index is 2.04. The molecule has 1 nitrogen and oxygen atoms in total. The van der Waals surface area contributed by atoms with E-state index in [2.05, 4.69) is 90.0 Å². The molecule has 0 aliphatic rings. The summed E-state index contributed by atoms with van der Waals surface area (Å²) in [5, 5.41) is 2.57. The zero-order valence-corrected chi connectivity index (χ0v) is 12.8. The minimum atomic E-state index is 1.17. The van der Waals surface area contributed by atoms with Gasteiger partial charge in [-0.2, -0.15) is 0 Å². The minimum absolute atomic E-state index is 1.17. The van der Waals surface area contributed by atoms with Gasteiger partial charge in [0.25, 0.3) is 0 Å². The first-order chi connectivity index (χ1) is 11.4. The molecular formula is C22H17N. The molecule has 1 heterocycles. The number of nitrogens with zero attached hydrogens (tertiary/aromatic N) is 1. The molecule has 0 bridgehead atoms. The number of rotatable bonds is 3. The number of fused-ring (bicyclic) bond motifs is 3. The van der Waals surface area contributed by atoms with Crippen molar-refractivity contribution in [3.63, 3.8) is 0 Å². The molecule has 0 amide bonds. The standard InChI is InChI=1S/C22H17N/c1-2-3-9-17-10-8-11-18(16-17)23-21-14-6-4-12-19(21)20-13-5-7-15-22(20)23/h2-16H,1H2/b9-3+. The van der Waals surface area contributed by atoms with E-state index >= 15 is 0 Å². The van der Waals surface area contributed by atoms with Gasteiger partial charge in [0.05, 0.1) is 11.0 Å². The fourth-order valence-corrected chi connectivity index (χ4v) is 3.15. The van der Waals surface area contributed by atoms with Crippen LogP contribution in [-0.4, -0.2) is 4.57 Å². The topological polar surface area (TPSA) is 4.93 Å². The molecule has 0 saturated heterocycles. The fourth-order valence-electron chi connectivity index (χ4n) is 3.15. The van der Waals surface area contributed by atoms with Gasteiger partial charge in [0, 0.05) is 16.5 Å². The lowest BCUT2D eigenvalue weighted by atomic mass is 10.2. The van der Waals surface area contributed by atoms with Crippen LogP contribution in [0.5, 0.6) is 0 Å². The van der Waals surface area contributed by atoms with Crippen LogP contribution >= 0.6 is 0 Å². The molecule has 0 atom stereocenters. The highest BCUT2D eigenvalue weighted by molar-refractivity contribution is 6.09. The third-order valence-corrected chi connectivity index (χ3v) is 4.13. The summed E-state index contributed by atoms with van der Waals surface area (Å²) in [6.07, 6.45) is 5.84. The minimum Gasteiger partial charge on any atom is -0.309 e. The number of allylic oxidation sites excluding steroid dienone is 2. The maximum atomic E-state index is 3.74.